The predicted molar refractivity (Wildman–Crippen MR) is 89.9 cm³/mol. The molecule has 0 unspecified atom stereocenters. The molecule has 2 aliphatic carbocycles. The summed E-state index contributed by atoms with van der Waals surface area (Å²) < 4.78 is 0. The van der Waals surface area contributed by atoms with Crippen molar-refractivity contribution in [1.29, 1.82) is 5.26 Å². The summed E-state index contributed by atoms with van der Waals surface area (Å²) in [4.78, 5) is 2.41. The summed E-state index contributed by atoms with van der Waals surface area (Å²) in [7, 11) is 0. The Morgan fingerprint density at radius 3 is 2.30 bits per heavy atom. The highest BCUT2D eigenvalue weighted by Crippen LogP contribution is 2.59. The van der Waals surface area contributed by atoms with Crippen LogP contribution in [0.15, 0.2) is 30.3 Å². The standard InChI is InChI=1S/C20H26N2O/c21-13-19(17-7-3-1-4-8-17)11-18(12-19)14-22(15-18)16-20(23)9-5-2-6-10-20/h1,3-4,7-8,23H,2,5-6,9-12,14-16H2. The van der Waals surface area contributed by atoms with Crippen LogP contribution in [0.2, 0.25) is 0 Å². The summed E-state index contributed by atoms with van der Waals surface area (Å²) in [6, 6.07) is 12.9. The Morgan fingerprint density at radius 2 is 1.70 bits per heavy atom. The lowest BCUT2D eigenvalue weighted by atomic mass is 9.48. The number of hydrogen-bond acceptors (Lipinski definition) is 3. The van der Waals surface area contributed by atoms with Crippen LogP contribution < -0.4 is 0 Å². The molecule has 1 N–H and O–H groups in total. The average molecular weight is 310 g/mol. The molecule has 1 heterocycles. The van der Waals surface area contributed by atoms with Gasteiger partial charge in [-0.1, -0.05) is 49.6 Å². The number of β-amino-alcohol motifs (C(OH)–C–C–N with tert-alkyl or cyclic N) is 1. The fraction of sp³-hybridized carbons (Fsp3) is 0.650. The molecule has 4 rings (SSSR count). The third kappa shape index (κ3) is 2.58. The van der Waals surface area contributed by atoms with Crippen molar-refractivity contribution in [3.8, 4) is 6.07 Å². The molecule has 1 aromatic carbocycles. The van der Waals surface area contributed by atoms with Gasteiger partial charge in [0.2, 0.25) is 0 Å². The summed E-state index contributed by atoms with van der Waals surface area (Å²) in [6.45, 7) is 2.96. The number of aliphatic hydroxyl groups is 1. The molecule has 23 heavy (non-hydrogen) atoms. The van der Waals surface area contributed by atoms with Gasteiger partial charge in [0.25, 0.3) is 0 Å². The molecular weight excluding hydrogens is 284 g/mol. The van der Waals surface area contributed by atoms with Crippen LogP contribution in [0.1, 0.15) is 50.5 Å². The zero-order valence-corrected chi connectivity index (χ0v) is 13.8. The monoisotopic (exact) mass is 310 g/mol. The summed E-state index contributed by atoms with van der Waals surface area (Å²) >= 11 is 0. The Balaban J connectivity index is 1.35. The first-order valence-corrected chi connectivity index (χ1v) is 8.99. The molecule has 122 valence electrons. The smallest absolute Gasteiger partial charge is 0.0834 e. The molecule has 3 nitrogen and oxygen atoms in total. The van der Waals surface area contributed by atoms with Crippen LogP contribution in [0.5, 0.6) is 0 Å². The van der Waals surface area contributed by atoms with Crippen molar-refractivity contribution in [2.45, 2.75) is 56.0 Å². The van der Waals surface area contributed by atoms with Gasteiger partial charge in [0, 0.05) is 19.6 Å². The van der Waals surface area contributed by atoms with Crippen molar-refractivity contribution in [3.63, 3.8) is 0 Å². The Bertz CT molecular complexity index is 598. The second-order valence-corrected chi connectivity index (χ2v) is 8.34. The number of benzene rings is 1. The molecule has 0 bridgehead atoms. The molecule has 1 aromatic rings. The van der Waals surface area contributed by atoms with Gasteiger partial charge in [-0.25, -0.2) is 0 Å². The first-order valence-electron chi connectivity index (χ1n) is 8.99. The third-order valence-corrected chi connectivity index (χ3v) is 6.31. The molecule has 1 spiro atoms. The number of rotatable bonds is 3. The van der Waals surface area contributed by atoms with Gasteiger partial charge in [-0.15, -0.1) is 0 Å². The first-order chi connectivity index (χ1) is 11.1. The molecule has 0 radical (unpaired) electrons. The van der Waals surface area contributed by atoms with Crippen molar-refractivity contribution in [3.05, 3.63) is 35.9 Å². The number of nitriles is 1. The van der Waals surface area contributed by atoms with E-state index in [2.05, 4.69) is 23.1 Å². The highest BCUT2D eigenvalue weighted by molar-refractivity contribution is 5.39. The lowest BCUT2D eigenvalue weighted by Crippen LogP contribution is -2.68. The van der Waals surface area contributed by atoms with Crippen LogP contribution in [0.4, 0.5) is 0 Å². The van der Waals surface area contributed by atoms with Crippen molar-refractivity contribution in [1.82, 2.24) is 4.90 Å². The van der Waals surface area contributed by atoms with Crippen LogP contribution in [-0.2, 0) is 5.41 Å². The summed E-state index contributed by atoms with van der Waals surface area (Å²) in [5, 5.41) is 20.4. The van der Waals surface area contributed by atoms with Gasteiger partial charge < -0.3 is 5.11 Å². The van der Waals surface area contributed by atoms with E-state index in [-0.39, 0.29) is 5.41 Å². The zero-order chi connectivity index (χ0) is 16.0. The summed E-state index contributed by atoms with van der Waals surface area (Å²) in [5.41, 5.74) is 0.790. The second kappa shape index (κ2) is 5.33. The first kappa shape index (κ1) is 15.2. The highest BCUT2D eigenvalue weighted by atomic mass is 16.3. The van der Waals surface area contributed by atoms with Crippen LogP contribution in [0.3, 0.4) is 0 Å². The average Bonchev–Trinajstić information content (AvgIpc) is 2.50. The molecule has 0 atom stereocenters. The number of nitrogens with zero attached hydrogens (tertiary/aromatic N) is 2. The minimum absolute atomic E-state index is 0.269. The van der Waals surface area contributed by atoms with Gasteiger partial charge in [-0.05, 0) is 36.7 Å². The summed E-state index contributed by atoms with van der Waals surface area (Å²) in [5.74, 6) is 0. The maximum Gasteiger partial charge on any atom is 0.0834 e. The summed E-state index contributed by atoms with van der Waals surface area (Å²) in [6.07, 6.45) is 7.49. The lowest BCUT2D eigenvalue weighted by molar-refractivity contribution is -0.129. The fourth-order valence-electron chi connectivity index (χ4n) is 5.36. The molecule has 1 saturated heterocycles. The van der Waals surface area contributed by atoms with Crippen molar-refractivity contribution < 1.29 is 5.11 Å². The quantitative estimate of drug-likeness (QED) is 0.932. The van der Waals surface area contributed by atoms with Crippen LogP contribution >= 0.6 is 0 Å². The van der Waals surface area contributed by atoms with E-state index in [9.17, 15) is 10.4 Å². The van der Waals surface area contributed by atoms with Gasteiger partial charge in [-0.2, -0.15) is 5.26 Å². The Labute approximate surface area is 138 Å². The molecular formula is C20H26N2O. The van der Waals surface area contributed by atoms with Gasteiger partial charge in [-0.3, -0.25) is 4.90 Å². The van der Waals surface area contributed by atoms with E-state index in [1.54, 1.807) is 0 Å². The third-order valence-electron chi connectivity index (χ3n) is 6.31. The topological polar surface area (TPSA) is 47.3 Å². The molecule has 0 amide bonds. The molecule has 3 fully saturated rings. The van der Waals surface area contributed by atoms with Crippen molar-refractivity contribution >= 4 is 0 Å². The van der Waals surface area contributed by atoms with E-state index in [0.717, 1.165) is 45.3 Å². The van der Waals surface area contributed by atoms with Gasteiger partial charge >= 0.3 is 0 Å². The second-order valence-electron chi connectivity index (χ2n) is 8.34. The Kier molecular flexibility index (Phi) is 3.51. The largest absolute Gasteiger partial charge is 0.389 e. The Morgan fingerprint density at radius 1 is 1.04 bits per heavy atom. The van der Waals surface area contributed by atoms with Crippen molar-refractivity contribution in [2.24, 2.45) is 5.41 Å². The van der Waals surface area contributed by atoms with Gasteiger partial charge in [0.15, 0.2) is 0 Å². The molecule has 3 aliphatic rings. The lowest BCUT2D eigenvalue weighted by Gasteiger charge is -2.63. The zero-order valence-electron chi connectivity index (χ0n) is 13.8. The van der Waals surface area contributed by atoms with Gasteiger partial charge in [0.1, 0.15) is 0 Å². The maximum absolute atomic E-state index is 10.7. The fourth-order valence-corrected chi connectivity index (χ4v) is 5.36. The molecule has 0 aromatic heterocycles. The minimum atomic E-state index is -0.449. The van der Waals surface area contributed by atoms with E-state index in [0.29, 0.717) is 5.41 Å². The Hall–Kier alpha value is -1.37. The van der Waals surface area contributed by atoms with Gasteiger partial charge in [0.05, 0.1) is 17.1 Å². The molecule has 3 heteroatoms. The van der Waals surface area contributed by atoms with E-state index in [4.69, 9.17) is 0 Å². The van der Waals surface area contributed by atoms with Crippen LogP contribution in [0.25, 0.3) is 0 Å². The molecule has 1 aliphatic heterocycles. The van der Waals surface area contributed by atoms with E-state index < -0.39 is 5.60 Å². The van der Waals surface area contributed by atoms with E-state index >= 15 is 0 Å². The molecule has 2 saturated carbocycles. The van der Waals surface area contributed by atoms with E-state index in [1.165, 1.54) is 24.8 Å². The predicted octanol–water partition coefficient (Wildman–Crippen LogP) is 3.24. The number of likely N-dealkylation sites (tertiary alicyclic amines) is 1. The SMILES string of the molecule is N#CC1(c2ccccc2)CC2(CN(CC3(O)CCCCC3)C2)C1. The maximum atomic E-state index is 10.7. The van der Waals surface area contributed by atoms with Crippen LogP contribution in [0, 0.1) is 16.7 Å². The number of hydrogen-bond donors (Lipinski definition) is 1. The normalized spacial score (nSPS) is 27.7. The van der Waals surface area contributed by atoms with Crippen molar-refractivity contribution in [2.75, 3.05) is 19.6 Å². The van der Waals surface area contributed by atoms with E-state index in [1.807, 2.05) is 18.2 Å². The van der Waals surface area contributed by atoms with Crippen LogP contribution in [-0.4, -0.2) is 35.2 Å². The minimum Gasteiger partial charge on any atom is -0.389 e. The highest BCUT2D eigenvalue weighted by Gasteiger charge is 2.61.